The second kappa shape index (κ2) is 6.79. The highest BCUT2D eigenvalue weighted by molar-refractivity contribution is 6.24. The second-order valence-corrected chi connectivity index (χ2v) is 6.32. The lowest BCUT2D eigenvalue weighted by Crippen LogP contribution is -2.10. The van der Waals surface area contributed by atoms with Gasteiger partial charge in [0.1, 0.15) is 0 Å². The van der Waals surface area contributed by atoms with Crippen LogP contribution in [-0.2, 0) is 0 Å². The molecule has 0 saturated carbocycles. The van der Waals surface area contributed by atoms with Gasteiger partial charge in [0.2, 0.25) is 0 Å². The quantitative estimate of drug-likeness (QED) is 0.602. The van der Waals surface area contributed by atoms with Gasteiger partial charge in [-0.15, -0.1) is 0 Å². The summed E-state index contributed by atoms with van der Waals surface area (Å²) in [6.45, 7) is 8.34. The molecule has 1 aliphatic carbocycles. The Kier molecular flexibility index (Phi) is 4.57. The largest absolute Gasteiger partial charge is 0.249 e. The lowest BCUT2D eigenvalue weighted by atomic mass is 9.97. The summed E-state index contributed by atoms with van der Waals surface area (Å²) in [5, 5.41) is 0. The minimum absolute atomic E-state index is 0.978. The zero-order valence-electron chi connectivity index (χ0n) is 14.7. The fourth-order valence-electron chi connectivity index (χ4n) is 2.54. The van der Waals surface area contributed by atoms with E-state index in [1.54, 1.807) is 0 Å². The molecule has 0 saturated heterocycles. The first-order valence-electron chi connectivity index (χ1n) is 8.19. The molecule has 2 heteroatoms. The Morgan fingerprint density at radius 1 is 0.500 bits per heavy atom. The molecule has 0 fully saturated rings. The van der Waals surface area contributed by atoms with E-state index in [0.29, 0.717) is 0 Å². The van der Waals surface area contributed by atoms with E-state index in [1.807, 2.05) is 0 Å². The molecule has 0 amide bonds. The van der Waals surface area contributed by atoms with Crippen LogP contribution in [-0.4, -0.2) is 11.4 Å². The zero-order valence-corrected chi connectivity index (χ0v) is 14.7. The molecular weight excluding hydrogens is 292 g/mol. The molecule has 0 aliphatic heterocycles. The van der Waals surface area contributed by atoms with Crippen molar-refractivity contribution in [1.29, 1.82) is 0 Å². The lowest BCUT2D eigenvalue weighted by Gasteiger charge is -2.13. The van der Waals surface area contributed by atoms with Gasteiger partial charge in [-0.3, -0.25) is 0 Å². The molecule has 0 N–H and O–H groups in total. The molecule has 2 aromatic rings. The van der Waals surface area contributed by atoms with Crippen LogP contribution >= 0.6 is 0 Å². The van der Waals surface area contributed by atoms with Crippen molar-refractivity contribution in [1.82, 2.24) is 0 Å². The Hall–Kier alpha value is -2.74. The molecule has 24 heavy (non-hydrogen) atoms. The van der Waals surface area contributed by atoms with Gasteiger partial charge in [-0.1, -0.05) is 35.4 Å². The van der Waals surface area contributed by atoms with E-state index in [9.17, 15) is 0 Å². The van der Waals surface area contributed by atoms with E-state index in [-0.39, 0.29) is 0 Å². The summed E-state index contributed by atoms with van der Waals surface area (Å²) in [4.78, 5) is 9.52. The van der Waals surface area contributed by atoms with E-state index >= 15 is 0 Å². The average molecular weight is 314 g/mol. The fraction of sp³-hybridized carbons (Fsp3) is 0.182. The van der Waals surface area contributed by atoms with Crippen molar-refractivity contribution < 1.29 is 0 Å². The Labute approximate surface area is 144 Å². The SMILES string of the molecule is CC1=CC(=Nc2ccc(C)cc2)C(C)=CC1=Nc1ccc(C)cc1. The third-order valence-electron chi connectivity index (χ3n) is 4.08. The Morgan fingerprint density at radius 3 is 1.17 bits per heavy atom. The van der Waals surface area contributed by atoms with Crippen LogP contribution < -0.4 is 0 Å². The van der Waals surface area contributed by atoms with E-state index in [2.05, 4.69) is 88.4 Å². The van der Waals surface area contributed by atoms with Gasteiger partial charge in [0.05, 0.1) is 22.8 Å². The number of nitrogens with zero attached hydrogens (tertiary/aromatic N) is 2. The average Bonchev–Trinajstić information content (AvgIpc) is 2.56. The fourth-order valence-corrected chi connectivity index (χ4v) is 2.54. The molecule has 0 unspecified atom stereocenters. The normalized spacial score (nSPS) is 17.8. The zero-order chi connectivity index (χ0) is 17.1. The number of rotatable bonds is 2. The van der Waals surface area contributed by atoms with E-state index in [1.165, 1.54) is 11.1 Å². The molecule has 0 heterocycles. The van der Waals surface area contributed by atoms with Gasteiger partial charge >= 0.3 is 0 Å². The minimum Gasteiger partial charge on any atom is -0.249 e. The number of allylic oxidation sites excluding steroid dienone is 4. The Bertz CT molecular complexity index is 786. The van der Waals surface area contributed by atoms with Crippen LogP contribution in [0.25, 0.3) is 0 Å². The molecule has 2 nitrogen and oxygen atoms in total. The van der Waals surface area contributed by atoms with Crippen LogP contribution in [0.15, 0.2) is 81.8 Å². The van der Waals surface area contributed by atoms with Crippen molar-refractivity contribution in [2.45, 2.75) is 27.7 Å². The van der Waals surface area contributed by atoms with Gasteiger partial charge in [0, 0.05) is 0 Å². The van der Waals surface area contributed by atoms with Crippen molar-refractivity contribution in [3.8, 4) is 0 Å². The Balaban J connectivity index is 1.91. The van der Waals surface area contributed by atoms with Gasteiger partial charge < -0.3 is 0 Å². The third-order valence-corrected chi connectivity index (χ3v) is 4.08. The highest BCUT2D eigenvalue weighted by Gasteiger charge is 2.11. The second-order valence-electron chi connectivity index (χ2n) is 6.32. The monoisotopic (exact) mass is 314 g/mol. The summed E-state index contributed by atoms with van der Waals surface area (Å²) in [7, 11) is 0. The Morgan fingerprint density at radius 2 is 0.833 bits per heavy atom. The lowest BCUT2D eigenvalue weighted by molar-refractivity contribution is 1.39. The first kappa shape index (κ1) is 16.1. The summed E-state index contributed by atoms with van der Waals surface area (Å²) in [6.07, 6.45) is 4.23. The summed E-state index contributed by atoms with van der Waals surface area (Å²) >= 11 is 0. The highest BCUT2D eigenvalue weighted by atomic mass is 14.8. The summed E-state index contributed by atoms with van der Waals surface area (Å²) in [5.74, 6) is 0. The first-order valence-corrected chi connectivity index (χ1v) is 8.19. The first-order chi connectivity index (χ1) is 11.5. The molecule has 3 rings (SSSR count). The van der Waals surface area contributed by atoms with Crippen LogP contribution in [0.1, 0.15) is 25.0 Å². The molecule has 0 bridgehead atoms. The molecule has 0 spiro atoms. The number of benzene rings is 2. The van der Waals surface area contributed by atoms with Gasteiger partial charge in [-0.05, 0) is 75.3 Å². The van der Waals surface area contributed by atoms with Gasteiger partial charge in [0.25, 0.3) is 0 Å². The molecular formula is C22H22N2. The van der Waals surface area contributed by atoms with Crippen LogP contribution in [0.3, 0.4) is 0 Å². The molecule has 2 aromatic carbocycles. The molecule has 0 radical (unpaired) electrons. The predicted molar refractivity (Wildman–Crippen MR) is 104 cm³/mol. The third kappa shape index (κ3) is 3.77. The number of hydrogen-bond acceptors (Lipinski definition) is 2. The van der Waals surface area contributed by atoms with Crippen LogP contribution in [0.5, 0.6) is 0 Å². The minimum atomic E-state index is 0.978. The standard InChI is InChI=1S/C22H22N2/c1-15-5-9-19(10-6-15)23-21-13-18(4)22(14-17(21)3)24-20-11-7-16(2)8-12-20/h5-14H,1-4H3. The summed E-state index contributed by atoms with van der Waals surface area (Å²) in [6, 6.07) is 16.5. The van der Waals surface area contributed by atoms with E-state index < -0.39 is 0 Å². The highest BCUT2D eigenvalue weighted by Crippen LogP contribution is 2.22. The maximum atomic E-state index is 4.76. The number of hydrogen-bond donors (Lipinski definition) is 0. The van der Waals surface area contributed by atoms with Crippen molar-refractivity contribution in [2.75, 3.05) is 0 Å². The molecule has 120 valence electrons. The van der Waals surface area contributed by atoms with Crippen molar-refractivity contribution in [2.24, 2.45) is 9.98 Å². The number of aliphatic imine (C=N–C) groups is 2. The van der Waals surface area contributed by atoms with Crippen molar-refractivity contribution in [3.05, 3.63) is 83.0 Å². The molecule has 0 atom stereocenters. The number of aryl methyl sites for hydroxylation is 2. The van der Waals surface area contributed by atoms with Gasteiger partial charge in [0.15, 0.2) is 0 Å². The predicted octanol–water partition coefficient (Wildman–Crippen LogP) is 6.05. The maximum absolute atomic E-state index is 4.76. The van der Waals surface area contributed by atoms with Crippen molar-refractivity contribution in [3.63, 3.8) is 0 Å². The maximum Gasteiger partial charge on any atom is 0.0670 e. The topological polar surface area (TPSA) is 24.7 Å². The molecule has 1 aliphatic rings. The smallest absolute Gasteiger partial charge is 0.0670 e. The van der Waals surface area contributed by atoms with E-state index in [4.69, 9.17) is 9.98 Å². The van der Waals surface area contributed by atoms with Crippen LogP contribution in [0.2, 0.25) is 0 Å². The van der Waals surface area contributed by atoms with Gasteiger partial charge in [-0.2, -0.15) is 0 Å². The van der Waals surface area contributed by atoms with Gasteiger partial charge in [-0.25, -0.2) is 9.98 Å². The van der Waals surface area contributed by atoms with Crippen LogP contribution in [0.4, 0.5) is 11.4 Å². The summed E-state index contributed by atoms with van der Waals surface area (Å²) < 4.78 is 0. The van der Waals surface area contributed by atoms with Crippen LogP contribution in [0, 0.1) is 13.8 Å². The van der Waals surface area contributed by atoms with Crippen molar-refractivity contribution >= 4 is 22.8 Å². The van der Waals surface area contributed by atoms with E-state index in [0.717, 1.165) is 33.9 Å². The summed E-state index contributed by atoms with van der Waals surface area (Å²) in [5.41, 5.74) is 8.71. The molecule has 0 aromatic heterocycles.